The van der Waals surface area contributed by atoms with Crippen molar-refractivity contribution in [2.24, 2.45) is 0 Å². The number of hydrogen-bond donors (Lipinski definition) is 0. The molecule has 1 aromatic carbocycles. The molecule has 0 radical (unpaired) electrons. The molecule has 0 aliphatic carbocycles. The first-order chi connectivity index (χ1) is 10.7. The molecule has 1 amide bonds. The summed E-state index contributed by atoms with van der Waals surface area (Å²) in [6, 6.07) is 9.38. The highest BCUT2D eigenvalue weighted by Crippen LogP contribution is 2.21. The van der Waals surface area contributed by atoms with Gasteiger partial charge in [0.05, 0.1) is 6.42 Å². The predicted molar refractivity (Wildman–Crippen MR) is 82.1 cm³/mol. The second kappa shape index (κ2) is 8.22. The van der Waals surface area contributed by atoms with Crippen LogP contribution < -0.4 is 0 Å². The highest BCUT2D eigenvalue weighted by Gasteiger charge is 2.31. The smallest absolute Gasteiger partial charge is 0.410 e. The van der Waals surface area contributed by atoms with Gasteiger partial charge in [-0.15, -0.1) is 0 Å². The Labute approximate surface area is 130 Å². The van der Waals surface area contributed by atoms with Crippen LogP contribution in [0.2, 0.25) is 0 Å². The third-order valence-corrected chi connectivity index (χ3v) is 3.58. The van der Waals surface area contributed by atoms with Crippen molar-refractivity contribution in [3.8, 4) is 0 Å². The summed E-state index contributed by atoms with van der Waals surface area (Å²) in [6.45, 7) is 4.57. The van der Waals surface area contributed by atoms with E-state index in [1.807, 2.05) is 30.3 Å². The molecule has 1 fully saturated rings. The van der Waals surface area contributed by atoms with Crippen LogP contribution in [0.5, 0.6) is 0 Å². The van der Waals surface area contributed by atoms with E-state index in [1.165, 1.54) is 6.08 Å². The average Bonchev–Trinajstić information content (AvgIpc) is 3.00. The van der Waals surface area contributed by atoms with Crippen molar-refractivity contribution in [2.45, 2.75) is 31.9 Å². The van der Waals surface area contributed by atoms with Crippen molar-refractivity contribution in [3.05, 3.63) is 48.6 Å². The van der Waals surface area contributed by atoms with E-state index < -0.39 is 6.09 Å². The Kier molecular flexibility index (Phi) is 6.01. The van der Waals surface area contributed by atoms with Gasteiger partial charge in [0.15, 0.2) is 0 Å². The molecule has 2 rings (SSSR count). The predicted octanol–water partition coefficient (Wildman–Crippen LogP) is 2.91. The summed E-state index contributed by atoms with van der Waals surface area (Å²) in [5.41, 5.74) is 0.949. The lowest BCUT2D eigenvalue weighted by atomic mass is 10.1. The zero-order valence-corrected chi connectivity index (χ0v) is 12.6. The molecule has 1 aromatic rings. The van der Waals surface area contributed by atoms with E-state index in [0.29, 0.717) is 6.54 Å². The Morgan fingerprint density at radius 2 is 2.05 bits per heavy atom. The van der Waals surface area contributed by atoms with E-state index in [1.54, 1.807) is 4.90 Å². The first-order valence-electron chi connectivity index (χ1n) is 7.44. The van der Waals surface area contributed by atoms with Crippen LogP contribution in [-0.2, 0) is 20.9 Å². The average molecular weight is 303 g/mol. The molecular formula is C17H21NO4. The lowest BCUT2D eigenvalue weighted by Crippen LogP contribution is -2.37. The molecule has 1 aliphatic heterocycles. The molecule has 5 nitrogen and oxygen atoms in total. The third kappa shape index (κ3) is 4.62. The molecule has 0 bridgehead atoms. The van der Waals surface area contributed by atoms with E-state index in [4.69, 9.17) is 9.47 Å². The van der Waals surface area contributed by atoms with E-state index in [0.717, 1.165) is 18.4 Å². The van der Waals surface area contributed by atoms with Crippen LogP contribution in [0.25, 0.3) is 0 Å². The Bertz CT molecular complexity index is 515. The second-order valence-electron chi connectivity index (χ2n) is 5.21. The molecule has 118 valence electrons. The molecule has 1 atom stereocenters. The topological polar surface area (TPSA) is 55.8 Å². The second-order valence-corrected chi connectivity index (χ2v) is 5.21. The van der Waals surface area contributed by atoms with Crippen LogP contribution in [0.15, 0.2) is 43.0 Å². The lowest BCUT2D eigenvalue weighted by Gasteiger charge is -2.23. The van der Waals surface area contributed by atoms with Gasteiger partial charge in [-0.25, -0.2) is 4.79 Å². The Morgan fingerprint density at radius 3 is 2.77 bits per heavy atom. The maximum atomic E-state index is 11.9. The third-order valence-electron chi connectivity index (χ3n) is 3.58. The van der Waals surface area contributed by atoms with Crippen LogP contribution >= 0.6 is 0 Å². The largest absolute Gasteiger partial charge is 0.461 e. The van der Waals surface area contributed by atoms with Gasteiger partial charge in [0.1, 0.15) is 13.2 Å². The van der Waals surface area contributed by atoms with E-state index in [-0.39, 0.29) is 31.6 Å². The molecule has 1 heterocycles. The summed E-state index contributed by atoms with van der Waals surface area (Å²) in [5.74, 6) is -0.294. The Hall–Kier alpha value is -2.30. The summed E-state index contributed by atoms with van der Waals surface area (Å²) in [4.78, 5) is 25.4. The van der Waals surface area contributed by atoms with Gasteiger partial charge in [-0.2, -0.15) is 0 Å². The SMILES string of the molecule is C=CCOC(=O)N1CCC[C@H]1CC(=O)OCc1ccccc1. The number of esters is 1. The summed E-state index contributed by atoms with van der Waals surface area (Å²) in [6.07, 6.45) is 3.01. The van der Waals surface area contributed by atoms with E-state index in [9.17, 15) is 9.59 Å². The fourth-order valence-electron chi connectivity index (χ4n) is 2.49. The minimum atomic E-state index is -0.391. The van der Waals surface area contributed by atoms with Crippen LogP contribution in [0.1, 0.15) is 24.8 Å². The number of amides is 1. The minimum Gasteiger partial charge on any atom is -0.461 e. The number of rotatable bonds is 6. The zero-order chi connectivity index (χ0) is 15.8. The van der Waals surface area contributed by atoms with Crippen molar-refractivity contribution < 1.29 is 19.1 Å². The molecule has 22 heavy (non-hydrogen) atoms. The number of likely N-dealkylation sites (tertiary alicyclic amines) is 1. The molecule has 0 spiro atoms. The summed E-state index contributed by atoms with van der Waals surface area (Å²) >= 11 is 0. The van der Waals surface area contributed by atoms with E-state index in [2.05, 4.69) is 6.58 Å². The van der Waals surface area contributed by atoms with Crippen molar-refractivity contribution in [1.29, 1.82) is 0 Å². The van der Waals surface area contributed by atoms with Gasteiger partial charge in [-0.3, -0.25) is 4.79 Å². The summed E-state index contributed by atoms with van der Waals surface area (Å²) in [7, 11) is 0. The lowest BCUT2D eigenvalue weighted by molar-refractivity contribution is -0.146. The number of carbonyl (C=O) groups excluding carboxylic acids is 2. The highest BCUT2D eigenvalue weighted by atomic mass is 16.6. The van der Waals surface area contributed by atoms with Gasteiger partial charge >= 0.3 is 12.1 Å². The van der Waals surface area contributed by atoms with Gasteiger partial charge in [0, 0.05) is 12.6 Å². The molecule has 5 heteroatoms. The summed E-state index contributed by atoms with van der Waals surface area (Å²) < 4.78 is 10.3. The maximum absolute atomic E-state index is 11.9. The molecule has 0 unspecified atom stereocenters. The maximum Gasteiger partial charge on any atom is 0.410 e. The van der Waals surface area contributed by atoms with Gasteiger partial charge in [-0.1, -0.05) is 43.0 Å². The van der Waals surface area contributed by atoms with Crippen molar-refractivity contribution in [2.75, 3.05) is 13.2 Å². The molecule has 0 N–H and O–H groups in total. The summed E-state index contributed by atoms with van der Waals surface area (Å²) in [5, 5.41) is 0. The normalized spacial score (nSPS) is 17.1. The van der Waals surface area contributed by atoms with Crippen molar-refractivity contribution in [1.82, 2.24) is 4.90 Å². The Morgan fingerprint density at radius 1 is 1.27 bits per heavy atom. The number of benzene rings is 1. The number of carbonyl (C=O) groups is 2. The number of ether oxygens (including phenoxy) is 2. The highest BCUT2D eigenvalue weighted by molar-refractivity contribution is 5.73. The zero-order valence-electron chi connectivity index (χ0n) is 12.6. The molecule has 1 saturated heterocycles. The van der Waals surface area contributed by atoms with Crippen LogP contribution in [-0.4, -0.2) is 36.2 Å². The monoisotopic (exact) mass is 303 g/mol. The van der Waals surface area contributed by atoms with Crippen molar-refractivity contribution in [3.63, 3.8) is 0 Å². The fraction of sp³-hybridized carbons (Fsp3) is 0.412. The fourth-order valence-corrected chi connectivity index (χ4v) is 2.49. The Balaban J connectivity index is 1.79. The molecule has 0 aromatic heterocycles. The number of hydrogen-bond acceptors (Lipinski definition) is 4. The number of nitrogens with zero attached hydrogens (tertiary/aromatic N) is 1. The minimum absolute atomic E-state index is 0.138. The quantitative estimate of drug-likeness (QED) is 0.599. The molecule has 1 aliphatic rings. The van der Waals surface area contributed by atoms with Gasteiger partial charge in [-0.05, 0) is 18.4 Å². The molecular weight excluding hydrogens is 282 g/mol. The standard InChI is InChI=1S/C17H21NO4/c1-2-11-21-17(20)18-10-6-9-15(18)12-16(19)22-13-14-7-4-3-5-8-14/h2-5,7-8,15H,1,6,9-13H2/t15-/m0/s1. The van der Waals surface area contributed by atoms with Crippen LogP contribution in [0.3, 0.4) is 0 Å². The van der Waals surface area contributed by atoms with Crippen molar-refractivity contribution >= 4 is 12.1 Å². The van der Waals surface area contributed by atoms with E-state index >= 15 is 0 Å². The van der Waals surface area contributed by atoms with Crippen LogP contribution in [0.4, 0.5) is 4.79 Å². The first kappa shape index (κ1) is 16.1. The van der Waals surface area contributed by atoms with Gasteiger partial charge in [0.25, 0.3) is 0 Å². The van der Waals surface area contributed by atoms with Gasteiger partial charge < -0.3 is 14.4 Å². The molecule has 0 saturated carbocycles. The van der Waals surface area contributed by atoms with Crippen LogP contribution in [0, 0.1) is 0 Å². The van der Waals surface area contributed by atoms with Gasteiger partial charge in [0.2, 0.25) is 0 Å². The first-order valence-corrected chi connectivity index (χ1v) is 7.44.